The lowest BCUT2D eigenvalue weighted by molar-refractivity contribution is -0.137. The highest BCUT2D eigenvalue weighted by Gasteiger charge is 2.38. The van der Waals surface area contributed by atoms with Crippen molar-refractivity contribution < 1.29 is 26.7 Å². The number of piperidine rings is 1. The Morgan fingerprint density at radius 1 is 1.00 bits per heavy atom. The minimum atomic E-state index is -4.16. The highest BCUT2D eigenvalue weighted by Crippen LogP contribution is 2.36. The van der Waals surface area contributed by atoms with Crippen molar-refractivity contribution in [3.05, 3.63) is 59.7 Å². The fourth-order valence-corrected chi connectivity index (χ4v) is 6.14. The van der Waals surface area contributed by atoms with Gasteiger partial charge in [-0.1, -0.05) is 12.1 Å². The number of carbonyl (C=O) groups excluding carboxylic acids is 1. The molecule has 0 bridgehead atoms. The van der Waals surface area contributed by atoms with E-state index >= 15 is 0 Å². The van der Waals surface area contributed by atoms with Crippen LogP contribution in [0.15, 0.2) is 47.4 Å². The second-order valence-electron chi connectivity index (χ2n) is 8.22. The third-order valence-corrected chi connectivity index (χ3v) is 8.26. The number of ether oxygens (including phenoxy) is 1. The smallest absolute Gasteiger partial charge is 0.246 e. The van der Waals surface area contributed by atoms with Crippen molar-refractivity contribution in [3.63, 3.8) is 0 Å². The van der Waals surface area contributed by atoms with Crippen LogP contribution >= 0.6 is 0 Å². The van der Waals surface area contributed by atoms with E-state index in [1.54, 1.807) is 7.11 Å². The normalized spacial score (nSPS) is 20.5. The monoisotopic (exact) mass is 464 g/mol. The maximum atomic E-state index is 14.0. The third-order valence-electron chi connectivity index (χ3n) is 6.35. The van der Waals surface area contributed by atoms with Gasteiger partial charge < -0.3 is 9.64 Å². The molecule has 0 radical (unpaired) electrons. The molecular formula is C23H26F2N2O4S. The molecule has 4 rings (SSSR count). The van der Waals surface area contributed by atoms with E-state index in [9.17, 15) is 22.0 Å². The zero-order valence-electron chi connectivity index (χ0n) is 17.8. The topological polar surface area (TPSA) is 66.9 Å². The Labute approximate surface area is 186 Å². The molecule has 2 aliphatic heterocycles. The number of carbonyl (C=O) groups is 1. The van der Waals surface area contributed by atoms with Crippen LogP contribution in [0.1, 0.15) is 37.3 Å². The number of rotatable bonds is 5. The summed E-state index contributed by atoms with van der Waals surface area (Å²) in [7, 11) is -2.56. The Hall–Kier alpha value is -2.52. The van der Waals surface area contributed by atoms with Crippen molar-refractivity contribution in [1.29, 1.82) is 0 Å². The van der Waals surface area contributed by atoms with Gasteiger partial charge in [0.15, 0.2) is 0 Å². The lowest BCUT2D eigenvalue weighted by Gasteiger charge is -2.34. The highest BCUT2D eigenvalue weighted by atomic mass is 32.2. The summed E-state index contributed by atoms with van der Waals surface area (Å²) in [5.74, 6) is -1.31. The fourth-order valence-electron chi connectivity index (χ4n) is 4.59. The molecule has 1 atom stereocenters. The summed E-state index contributed by atoms with van der Waals surface area (Å²) < 4.78 is 59.5. The summed E-state index contributed by atoms with van der Waals surface area (Å²) in [5.41, 5.74) is 1.05. The van der Waals surface area contributed by atoms with E-state index in [4.69, 9.17) is 4.74 Å². The Balaban J connectivity index is 1.43. The van der Waals surface area contributed by atoms with Gasteiger partial charge in [-0.2, -0.15) is 4.31 Å². The number of sulfonamides is 1. The summed E-state index contributed by atoms with van der Waals surface area (Å²) >= 11 is 0. The first-order chi connectivity index (χ1) is 15.3. The average molecular weight is 465 g/mol. The molecule has 2 fully saturated rings. The third kappa shape index (κ3) is 4.36. The number of nitrogens with zero attached hydrogens (tertiary/aromatic N) is 2. The number of halogens is 2. The second-order valence-corrected chi connectivity index (χ2v) is 10.1. The molecule has 0 aromatic heterocycles. The zero-order valence-corrected chi connectivity index (χ0v) is 18.7. The Morgan fingerprint density at radius 2 is 1.69 bits per heavy atom. The summed E-state index contributed by atoms with van der Waals surface area (Å²) in [6.45, 7) is 0.855. The van der Waals surface area contributed by atoms with Crippen LogP contribution in [-0.2, 0) is 14.8 Å². The van der Waals surface area contributed by atoms with Crippen LogP contribution in [0.25, 0.3) is 0 Å². The molecule has 172 valence electrons. The van der Waals surface area contributed by atoms with Crippen molar-refractivity contribution >= 4 is 15.9 Å². The Morgan fingerprint density at radius 3 is 2.34 bits per heavy atom. The molecule has 2 saturated heterocycles. The van der Waals surface area contributed by atoms with Crippen molar-refractivity contribution in [2.24, 2.45) is 5.92 Å². The van der Waals surface area contributed by atoms with E-state index in [2.05, 4.69) is 0 Å². The fraction of sp³-hybridized carbons (Fsp3) is 0.435. The molecule has 0 saturated carbocycles. The molecule has 2 aromatic rings. The minimum Gasteiger partial charge on any atom is -0.497 e. The second kappa shape index (κ2) is 9.15. The number of likely N-dealkylation sites (tertiary alicyclic amines) is 1. The van der Waals surface area contributed by atoms with Gasteiger partial charge in [-0.05, 0) is 61.6 Å². The predicted molar refractivity (Wildman–Crippen MR) is 115 cm³/mol. The number of methoxy groups -OCH3 is 1. The van der Waals surface area contributed by atoms with E-state index in [-0.39, 0.29) is 31.0 Å². The number of benzene rings is 2. The van der Waals surface area contributed by atoms with Gasteiger partial charge in [-0.15, -0.1) is 0 Å². The van der Waals surface area contributed by atoms with Crippen molar-refractivity contribution in [3.8, 4) is 5.75 Å². The van der Waals surface area contributed by atoms with Gasteiger partial charge in [0.05, 0.1) is 13.2 Å². The summed E-state index contributed by atoms with van der Waals surface area (Å²) in [6, 6.07) is 10.1. The summed E-state index contributed by atoms with van der Waals surface area (Å²) in [5, 5.41) is 0. The molecule has 0 N–H and O–H groups in total. The average Bonchev–Trinajstić information content (AvgIpc) is 3.30. The minimum absolute atomic E-state index is 0.00319. The number of hydrogen-bond donors (Lipinski definition) is 0. The van der Waals surface area contributed by atoms with Crippen molar-refractivity contribution in [2.45, 2.75) is 36.6 Å². The van der Waals surface area contributed by atoms with Gasteiger partial charge >= 0.3 is 0 Å². The van der Waals surface area contributed by atoms with Crippen LogP contribution in [0, 0.1) is 17.6 Å². The lowest BCUT2D eigenvalue weighted by Crippen LogP contribution is -2.44. The van der Waals surface area contributed by atoms with Gasteiger partial charge in [0.1, 0.15) is 22.3 Å². The SMILES string of the molecule is COc1ccc([C@@H]2CCCN2C(=O)C2CCN(S(=O)(=O)c3cc(F)ccc3F)CC2)cc1. The molecule has 2 aliphatic rings. The van der Waals surface area contributed by atoms with Gasteiger partial charge in [0.2, 0.25) is 15.9 Å². The van der Waals surface area contributed by atoms with Crippen molar-refractivity contribution in [1.82, 2.24) is 9.21 Å². The van der Waals surface area contributed by atoms with Crippen LogP contribution in [0.4, 0.5) is 8.78 Å². The van der Waals surface area contributed by atoms with E-state index in [0.29, 0.717) is 25.5 Å². The van der Waals surface area contributed by atoms with Crippen LogP contribution in [0.5, 0.6) is 5.75 Å². The van der Waals surface area contributed by atoms with Crippen LogP contribution in [0.2, 0.25) is 0 Å². The first-order valence-corrected chi connectivity index (χ1v) is 12.1. The molecule has 0 unspecified atom stereocenters. The first-order valence-electron chi connectivity index (χ1n) is 10.7. The maximum absolute atomic E-state index is 14.0. The van der Waals surface area contributed by atoms with E-state index in [0.717, 1.165) is 40.6 Å². The van der Waals surface area contributed by atoms with Crippen LogP contribution in [0.3, 0.4) is 0 Å². The highest BCUT2D eigenvalue weighted by molar-refractivity contribution is 7.89. The molecular weight excluding hydrogens is 438 g/mol. The predicted octanol–water partition coefficient (Wildman–Crippen LogP) is 3.74. The number of hydrogen-bond acceptors (Lipinski definition) is 4. The van der Waals surface area contributed by atoms with Crippen LogP contribution in [-0.4, -0.2) is 50.3 Å². The standard InChI is InChI=1S/C23H26F2N2O4S/c1-31-19-7-4-16(5-8-19)21-3-2-12-27(21)23(28)17-10-13-26(14-11-17)32(29,30)22-15-18(24)6-9-20(22)25/h4-9,15,17,21H,2-3,10-14H2,1H3/t21-/m0/s1. The van der Waals surface area contributed by atoms with E-state index in [1.165, 1.54) is 0 Å². The maximum Gasteiger partial charge on any atom is 0.246 e. The quantitative estimate of drug-likeness (QED) is 0.676. The molecule has 9 heteroatoms. The van der Waals surface area contributed by atoms with E-state index in [1.807, 2.05) is 29.2 Å². The zero-order chi connectivity index (χ0) is 22.9. The van der Waals surface area contributed by atoms with Gasteiger partial charge in [0.25, 0.3) is 0 Å². The van der Waals surface area contributed by atoms with E-state index < -0.39 is 26.6 Å². The van der Waals surface area contributed by atoms with Crippen LogP contribution < -0.4 is 4.74 Å². The Bertz CT molecular complexity index is 1080. The number of amides is 1. The largest absolute Gasteiger partial charge is 0.497 e. The van der Waals surface area contributed by atoms with Gasteiger partial charge in [-0.3, -0.25) is 4.79 Å². The lowest BCUT2D eigenvalue weighted by atomic mass is 9.95. The van der Waals surface area contributed by atoms with Gasteiger partial charge in [0, 0.05) is 25.6 Å². The molecule has 2 aromatic carbocycles. The summed E-state index contributed by atoms with van der Waals surface area (Å²) in [4.78, 5) is 14.5. The molecule has 1 amide bonds. The molecule has 2 heterocycles. The Kier molecular flexibility index (Phi) is 6.48. The summed E-state index contributed by atoms with van der Waals surface area (Å²) in [6.07, 6.45) is 2.49. The molecule has 32 heavy (non-hydrogen) atoms. The molecule has 6 nitrogen and oxygen atoms in total. The van der Waals surface area contributed by atoms with Gasteiger partial charge in [-0.25, -0.2) is 17.2 Å². The van der Waals surface area contributed by atoms with Crippen molar-refractivity contribution in [2.75, 3.05) is 26.7 Å². The molecule has 0 aliphatic carbocycles. The first kappa shape index (κ1) is 22.7. The molecule has 0 spiro atoms.